The lowest BCUT2D eigenvalue weighted by Crippen LogP contribution is -2.47. The Morgan fingerprint density at radius 2 is 1.86 bits per heavy atom. The smallest absolute Gasteiger partial charge is 0.237 e. The Bertz CT molecular complexity index is 298. The van der Waals surface area contributed by atoms with Gasteiger partial charge in [-0.2, -0.15) is 0 Å². The van der Waals surface area contributed by atoms with E-state index in [2.05, 4.69) is 10.2 Å². The highest BCUT2D eigenvalue weighted by atomic mass is 16.5. The van der Waals surface area contributed by atoms with Crippen LogP contribution in [0.15, 0.2) is 0 Å². The second-order valence-electron chi connectivity index (χ2n) is 6.38. The van der Waals surface area contributed by atoms with Crippen molar-refractivity contribution in [2.45, 2.75) is 51.0 Å². The number of carbonyl (C=O) groups is 1. The van der Waals surface area contributed by atoms with Crippen molar-refractivity contribution in [1.29, 1.82) is 0 Å². The second kappa shape index (κ2) is 9.38. The standard InChI is InChI=1S/C16H31N3O2/c17-15(14-6-12-21-13-7-14)16(20)18-8-5-11-19-9-3-1-2-4-10-19/h14-15H,1-13,17H2,(H,18,20). The molecule has 2 aliphatic rings. The number of nitrogens with one attached hydrogen (secondary N) is 1. The molecule has 1 amide bonds. The van der Waals surface area contributed by atoms with Crippen molar-refractivity contribution in [3.63, 3.8) is 0 Å². The fourth-order valence-corrected chi connectivity index (χ4v) is 3.28. The number of rotatable bonds is 6. The van der Waals surface area contributed by atoms with E-state index in [1.165, 1.54) is 38.8 Å². The first-order valence-electron chi connectivity index (χ1n) is 8.61. The molecule has 5 heteroatoms. The van der Waals surface area contributed by atoms with E-state index in [0.29, 0.717) is 0 Å². The molecule has 21 heavy (non-hydrogen) atoms. The van der Waals surface area contributed by atoms with E-state index in [1.54, 1.807) is 0 Å². The molecule has 3 N–H and O–H groups in total. The minimum atomic E-state index is -0.368. The molecule has 2 rings (SSSR count). The summed E-state index contributed by atoms with van der Waals surface area (Å²) in [4.78, 5) is 14.6. The van der Waals surface area contributed by atoms with Gasteiger partial charge in [0.05, 0.1) is 6.04 Å². The summed E-state index contributed by atoms with van der Waals surface area (Å²) in [6.07, 6.45) is 8.21. The first-order valence-corrected chi connectivity index (χ1v) is 8.61. The summed E-state index contributed by atoms with van der Waals surface area (Å²) in [6, 6.07) is -0.368. The molecule has 122 valence electrons. The van der Waals surface area contributed by atoms with E-state index in [4.69, 9.17) is 10.5 Å². The summed E-state index contributed by atoms with van der Waals surface area (Å²) in [5, 5.41) is 3.00. The van der Waals surface area contributed by atoms with Crippen LogP contribution in [0.5, 0.6) is 0 Å². The number of nitrogens with two attached hydrogens (primary N) is 1. The van der Waals surface area contributed by atoms with Crippen LogP contribution in [0.4, 0.5) is 0 Å². The van der Waals surface area contributed by atoms with E-state index in [-0.39, 0.29) is 17.9 Å². The van der Waals surface area contributed by atoms with Gasteiger partial charge >= 0.3 is 0 Å². The molecule has 0 saturated carbocycles. The topological polar surface area (TPSA) is 67.6 Å². The van der Waals surface area contributed by atoms with Crippen LogP contribution >= 0.6 is 0 Å². The molecule has 2 aliphatic heterocycles. The van der Waals surface area contributed by atoms with Gasteiger partial charge in [0.15, 0.2) is 0 Å². The lowest BCUT2D eigenvalue weighted by atomic mass is 9.92. The maximum atomic E-state index is 12.1. The van der Waals surface area contributed by atoms with E-state index in [9.17, 15) is 4.79 Å². The SMILES string of the molecule is NC(C(=O)NCCCN1CCCCCC1)C1CCOCC1. The zero-order valence-corrected chi connectivity index (χ0v) is 13.2. The first kappa shape index (κ1) is 16.7. The highest BCUT2D eigenvalue weighted by Crippen LogP contribution is 2.17. The van der Waals surface area contributed by atoms with Crippen LogP contribution in [-0.4, -0.2) is 56.2 Å². The van der Waals surface area contributed by atoms with Crippen LogP contribution in [0.1, 0.15) is 44.9 Å². The maximum Gasteiger partial charge on any atom is 0.237 e. The summed E-state index contributed by atoms with van der Waals surface area (Å²) in [5.41, 5.74) is 6.06. The Morgan fingerprint density at radius 3 is 2.52 bits per heavy atom. The van der Waals surface area contributed by atoms with Gasteiger partial charge in [0.1, 0.15) is 0 Å². The van der Waals surface area contributed by atoms with Crippen LogP contribution in [0.25, 0.3) is 0 Å². The fourth-order valence-electron chi connectivity index (χ4n) is 3.28. The van der Waals surface area contributed by atoms with Gasteiger partial charge in [0, 0.05) is 19.8 Å². The molecule has 2 heterocycles. The Labute approximate surface area is 128 Å². The van der Waals surface area contributed by atoms with Crippen molar-refractivity contribution in [3.8, 4) is 0 Å². The van der Waals surface area contributed by atoms with Gasteiger partial charge in [-0.05, 0) is 57.7 Å². The highest BCUT2D eigenvalue weighted by molar-refractivity contribution is 5.81. The fraction of sp³-hybridized carbons (Fsp3) is 0.938. The monoisotopic (exact) mass is 297 g/mol. The van der Waals surface area contributed by atoms with E-state index < -0.39 is 0 Å². The summed E-state index contributed by atoms with van der Waals surface area (Å²) < 4.78 is 5.31. The molecule has 1 unspecified atom stereocenters. The van der Waals surface area contributed by atoms with Crippen molar-refractivity contribution in [2.24, 2.45) is 11.7 Å². The largest absolute Gasteiger partial charge is 0.381 e. The van der Waals surface area contributed by atoms with Crippen LogP contribution < -0.4 is 11.1 Å². The van der Waals surface area contributed by atoms with Crippen LogP contribution in [0.3, 0.4) is 0 Å². The summed E-state index contributed by atoms with van der Waals surface area (Å²) >= 11 is 0. The molecule has 0 aromatic heterocycles. The number of hydrogen-bond donors (Lipinski definition) is 2. The molecule has 1 atom stereocenters. The Kier molecular flexibility index (Phi) is 7.47. The average Bonchev–Trinajstić information content (AvgIpc) is 2.80. The third-order valence-electron chi connectivity index (χ3n) is 4.73. The number of carbonyl (C=O) groups excluding carboxylic acids is 1. The van der Waals surface area contributed by atoms with Gasteiger partial charge in [-0.3, -0.25) is 4.79 Å². The van der Waals surface area contributed by atoms with Gasteiger partial charge < -0.3 is 20.7 Å². The molecule has 2 saturated heterocycles. The number of amides is 1. The van der Waals surface area contributed by atoms with Gasteiger partial charge in [-0.1, -0.05) is 12.8 Å². The molecule has 0 aromatic carbocycles. The molecule has 0 bridgehead atoms. The number of likely N-dealkylation sites (tertiary alicyclic amines) is 1. The van der Waals surface area contributed by atoms with Crippen molar-refractivity contribution in [3.05, 3.63) is 0 Å². The van der Waals surface area contributed by atoms with Crippen LogP contribution in [0, 0.1) is 5.92 Å². The molecule has 0 aliphatic carbocycles. The molecule has 5 nitrogen and oxygen atoms in total. The average molecular weight is 297 g/mol. The Hall–Kier alpha value is -0.650. The van der Waals surface area contributed by atoms with Gasteiger partial charge in [0.2, 0.25) is 5.91 Å². The Morgan fingerprint density at radius 1 is 1.19 bits per heavy atom. The minimum Gasteiger partial charge on any atom is -0.381 e. The zero-order valence-electron chi connectivity index (χ0n) is 13.2. The molecule has 0 radical (unpaired) electrons. The Balaban J connectivity index is 1.57. The third kappa shape index (κ3) is 5.93. The number of nitrogens with zero attached hydrogens (tertiary/aromatic N) is 1. The molecular formula is C16H31N3O2. The molecular weight excluding hydrogens is 266 g/mol. The van der Waals surface area contributed by atoms with E-state index in [1.807, 2.05) is 0 Å². The quantitative estimate of drug-likeness (QED) is 0.721. The summed E-state index contributed by atoms with van der Waals surface area (Å²) in [5.74, 6) is 0.294. The maximum absolute atomic E-state index is 12.1. The normalized spacial score (nSPS) is 23.5. The minimum absolute atomic E-state index is 0.0118. The van der Waals surface area contributed by atoms with Crippen molar-refractivity contribution < 1.29 is 9.53 Å². The first-order chi connectivity index (χ1) is 10.3. The van der Waals surface area contributed by atoms with Gasteiger partial charge in [0.25, 0.3) is 0 Å². The van der Waals surface area contributed by atoms with Crippen molar-refractivity contribution in [1.82, 2.24) is 10.2 Å². The van der Waals surface area contributed by atoms with Gasteiger partial charge in [-0.15, -0.1) is 0 Å². The highest BCUT2D eigenvalue weighted by Gasteiger charge is 2.26. The third-order valence-corrected chi connectivity index (χ3v) is 4.73. The number of hydrogen-bond acceptors (Lipinski definition) is 4. The predicted octanol–water partition coefficient (Wildman–Crippen LogP) is 1.12. The molecule has 0 aromatic rings. The van der Waals surface area contributed by atoms with E-state index >= 15 is 0 Å². The predicted molar refractivity (Wildman–Crippen MR) is 84.1 cm³/mol. The summed E-state index contributed by atoms with van der Waals surface area (Å²) in [7, 11) is 0. The van der Waals surface area contributed by atoms with Crippen molar-refractivity contribution >= 4 is 5.91 Å². The van der Waals surface area contributed by atoms with Crippen molar-refractivity contribution in [2.75, 3.05) is 39.4 Å². The molecule has 0 spiro atoms. The number of ether oxygens (including phenoxy) is 1. The van der Waals surface area contributed by atoms with Crippen LogP contribution in [0.2, 0.25) is 0 Å². The lowest BCUT2D eigenvalue weighted by Gasteiger charge is -2.27. The lowest BCUT2D eigenvalue weighted by molar-refractivity contribution is -0.124. The summed E-state index contributed by atoms with van der Waals surface area (Å²) in [6.45, 7) is 5.74. The zero-order chi connectivity index (χ0) is 14.9. The second-order valence-corrected chi connectivity index (χ2v) is 6.38. The van der Waals surface area contributed by atoms with E-state index in [0.717, 1.165) is 45.6 Å². The van der Waals surface area contributed by atoms with Crippen LogP contribution in [-0.2, 0) is 9.53 Å². The van der Waals surface area contributed by atoms with Gasteiger partial charge in [-0.25, -0.2) is 0 Å². The molecule has 2 fully saturated rings.